The zero-order valence-electron chi connectivity index (χ0n) is 16.3. The lowest BCUT2D eigenvalue weighted by Gasteiger charge is -2.28. The average molecular weight is 354 g/mol. The molecule has 1 unspecified atom stereocenters. The van der Waals surface area contributed by atoms with Gasteiger partial charge in [0.05, 0.1) is 6.04 Å². The summed E-state index contributed by atoms with van der Waals surface area (Å²) in [6.07, 6.45) is 4.57. The number of nitrogens with one attached hydrogen (secondary N) is 2. The Balaban J connectivity index is 1.70. The summed E-state index contributed by atoms with van der Waals surface area (Å²) < 4.78 is 5.33. The molecule has 0 spiro atoms. The van der Waals surface area contributed by atoms with Crippen LogP contribution in [0.3, 0.4) is 0 Å². The van der Waals surface area contributed by atoms with Gasteiger partial charge in [0.2, 0.25) is 0 Å². The molecule has 0 aromatic heterocycles. The first kappa shape index (κ1) is 19.8. The Kier molecular flexibility index (Phi) is 7.35. The summed E-state index contributed by atoms with van der Waals surface area (Å²) in [5.41, 5.74) is -0.464. The minimum absolute atomic E-state index is 0.107. The van der Waals surface area contributed by atoms with Gasteiger partial charge in [-0.2, -0.15) is 0 Å². The number of aliphatic imine (C=N–C) groups is 1. The third-order valence-corrected chi connectivity index (χ3v) is 4.58. The first-order valence-electron chi connectivity index (χ1n) is 9.55. The van der Waals surface area contributed by atoms with Crippen molar-refractivity contribution < 1.29 is 9.53 Å². The van der Waals surface area contributed by atoms with Gasteiger partial charge in [0.15, 0.2) is 5.96 Å². The predicted octanol–water partition coefficient (Wildman–Crippen LogP) is 1.65. The molecule has 144 valence electrons. The number of carbonyl (C=O) groups excluding carboxylic acids is 1. The van der Waals surface area contributed by atoms with E-state index in [2.05, 4.69) is 25.4 Å². The Hall–Kier alpha value is -1.50. The smallest absolute Gasteiger partial charge is 0.407 e. The van der Waals surface area contributed by atoms with Crippen molar-refractivity contribution in [3.05, 3.63) is 0 Å². The second kappa shape index (κ2) is 9.27. The number of alkyl carbamates (subject to hydrolysis) is 1. The van der Waals surface area contributed by atoms with Crippen LogP contribution in [-0.2, 0) is 4.74 Å². The van der Waals surface area contributed by atoms with E-state index >= 15 is 0 Å². The lowest BCUT2D eigenvalue weighted by atomic mass is 10.1. The van der Waals surface area contributed by atoms with Crippen LogP contribution in [0, 0.1) is 0 Å². The summed E-state index contributed by atoms with van der Waals surface area (Å²) in [6, 6.07) is 0.107. The minimum atomic E-state index is -0.464. The molecule has 1 amide bonds. The molecule has 2 N–H and O–H groups in total. The fraction of sp³-hybridized carbons (Fsp3) is 0.889. The summed E-state index contributed by atoms with van der Waals surface area (Å²) in [4.78, 5) is 21.0. The Bertz CT molecular complexity index is 455. The topological polar surface area (TPSA) is 69.2 Å². The number of guanidine groups is 1. The fourth-order valence-corrected chi connectivity index (χ4v) is 3.39. The van der Waals surface area contributed by atoms with E-state index in [4.69, 9.17) is 4.74 Å². The Morgan fingerprint density at radius 2 is 1.92 bits per heavy atom. The highest BCUT2D eigenvalue weighted by atomic mass is 16.6. The van der Waals surface area contributed by atoms with Crippen molar-refractivity contribution in [1.29, 1.82) is 0 Å². The van der Waals surface area contributed by atoms with Crippen LogP contribution >= 0.6 is 0 Å². The van der Waals surface area contributed by atoms with Crippen LogP contribution in [0.4, 0.5) is 4.79 Å². The van der Waals surface area contributed by atoms with E-state index in [1.807, 2.05) is 27.8 Å². The first-order chi connectivity index (χ1) is 11.9. The van der Waals surface area contributed by atoms with Crippen LogP contribution < -0.4 is 10.6 Å². The molecule has 7 heteroatoms. The third kappa shape index (κ3) is 7.10. The number of nitrogens with zero attached hydrogens (tertiary/aromatic N) is 3. The van der Waals surface area contributed by atoms with Crippen LogP contribution in [0.2, 0.25) is 0 Å². The van der Waals surface area contributed by atoms with Crippen LogP contribution in [0.1, 0.15) is 46.5 Å². The van der Waals surface area contributed by atoms with Crippen LogP contribution in [0.25, 0.3) is 0 Å². The molecule has 0 radical (unpaired) electrons. The van der Waals surface area contributed by atoms with Crippen LogP contribution in [-0.4, -0.2) is 79.8 Å². The maximum Gasteiger partial charge on any atom is 0.407 e. The molecule has 2 saturated heterocycles. The van der Waals surface area contributed by atoms with E-state index < -0.39 is 5.60 Å². The van der Waals surface area contributed by atoms with Crippen molar-refractivity contribution in [2.45, 2.75) is 58.1 Å². The molecule has 1 atom stereocenters. The molecule has 0 bridgehead atoms. The molecule has 0 aromatic rings. The van der Waals surface area contributed by atoms with E-state index in [1.165, 1.54) is 32.4 Å². The van der Waals surface area contributed by atoms with E-state index in [1.54, 1.807) is 0 Å². The van der Waals surface area contributed by atoms with E-state index in [0.717, 1.165) is 38.6 Å². The predicted molar refractivity (Wildman–Crippen MR) is 101 cm³/mol. The SMILES string of the molecule is CN=C(NCCN1CCCCC1)N1CCC(NC(=O)OC(C)(C)C)C1. The van der Waals surface area contributed by atoms with Gasteiger partial charge in [-0.15, -0.1) is 0 Å². The molecule has 2 aliphatic heterocycles. The number of amides is 1. The number of likely N-dealkylation sites (tertiary alicyclic amines) is 2. The average Bonchev–Trinajstić information content (AvgIpc) is 2.99. The molecule has 2 aliphatic rings. The monoisotopic (exact) mass is 353 g/mol. The number of rotatable bonds is 4. The Labute approximate surface area is 152 Å². The molecule has 25 heavy (non-hydrogen) atoms. The molecule has 2 fully saturated rings. The number of piperidine rings is 1. The highest BCUT2D eigenvalue weighted by Crippen LogP contribution is 2.12. The molecule has 0 aromatic carbocycles. The number of hydrogen-bond acceptors (Lipinski definition) is 4. The van der Waals surface area contributed by atoms with Crippen molar-refractivity contribution in [3.8, 4) is 0 Å². The van der Waals surface area contributed by atoms with Gasteiger partial charge in [0, 0.05) is 33.2 Å². The number of hydrogen-bond donors (Lipinski definition) is 2. The van der Waals surface area contributed by atoms with E-state index in [9.17, 15) is 4.79 Å². The van der Waals surface area contributed by atoms with Gasteiger partial charge in [-0.25, -0.2) is 4.79 Å². The van der Waals surface area contributed by atoms with Crippen LogP contribution in [0.5, 0.6) is 0 Å². The van der Waals surface area contributed by atoms with Crippen molar-refractivity contribution >= 4 is 12.1 Å². The molecule has 0 saturated carbocycles. The van der Waals surface area contributed by atoms with Gasteiger partial charge in [0.25, 0.3) is 0 Å². The van der Waals surface area contributed by atoms with Crippen molar-refractivity contribution in [1.82, 2.24) is 20.4 Å². The van der Waals surface area contributed by atoms with Crippen LogP contribution in [0.15, 0.2) is 4.99 Å². The summed E-state index contributed by atoms with van der Waals surface area (Å²) in [6.45, 7) is 11.7. The molecule has 2 heterocycles. The normalized spacial score (nSPS) is 22.8. The zero-order valence-corrected chi connectivity index (χ0v) is 16.3. The van der Waals surface area contributed by atoms with E-state index in [0.29, 0.717) is 0 Å². The second-order valence-corrected chi connectivity index (χ2v) is 7.95. The lowest BCUT2D eigenvalue weighted by molar-refractivity contribution is 0.0507. The van der Waals surface area contributed by atoms with Gasteiger partial charge in [0.1, 0.15) is 5.60 Å². The second-order valence-electron chi connectivity index (χ2n) is 7.95. The van der Waals surface area contributed by atoms with Gasteiger partial charge in [-0.05, 0) is 53.1 Å². The molecule has 0 aliphatic carbocycles. The van der Waals surface area contributed by atoms with Crippen molar-refractivity contribution in [2.75, 3.05) is 46.3 Å². The minimum Gasteiger partial charge on any atom is -0.444 e. The van der Waals surface area contributed by atoms with Gasteiger partial charge in [-0.3, -0.25) is 4.99 Å². The zero-order chi connectivity index (χ0) is 18.3. The number of ether oxygens (including phenoxy) is 1. The quantitative estimate of drug-likeness (QED) is 0.594. The lowest BCUT2D eigenvalue weighted by Crippen LogP contribution is -2.46. The first-order valence-corrected chi connectivity index (χ1v) is 9.55. The van der Waals surface area contributed by atoms with Gasteiger partial charge >= 0.3 is 6.09 Å². The Morgan fingerprint density at radius 1 is 1.20 bits per heavy atom. The fourth-order valence-electron chi connectivity index (χ4n) is 3.39. The Morgan fingerprint density at radius 3 is 2.56 bits per heavy atom. The molecular formula is C18H35N5O2. The largest absolute Gasteiger partial charge is 0.444 e. The maximum atomic E-state index is 11.9. The van der Waals surface area contributed by atoms with Crippen molar-refractivity contribution in [2.24, 2.45) is 4.99 Å². The highest BCUT2D eigenvalue weighted by molar-refractivity contribution is 5.80. The standard InChI is InChI=1S/C18H35N5O2/c1-18(2,3)25-17(24)21-15-8-12-23(14-15)16(19-4)20-9-13-22-10-6-5-7-11-22/h15H,5-14H2,1-4H3,(H,19,20)(H,21,24). The summed E-state index contributed by atoms with van der Waals surface area (Å²) in [5, 5.41) is 6.42. The van der Waals surface area contributed by atoms with Crippen molar-refractivity contribution in [3.63, 3.8) is 0 Å². The van der Waals surface area contributed by atoms with E-state index in [-0.39, 0.29) is 12.1 Å². The molecular weight excluding hydrogens is 318 g/mol. The highest BCUT2D eigenvalue weighted by Gasteiger charge is 2.27. The summed E-state index contributed by atoms with van der Waals surface area (Å²) >= 11 is 0. The molecule has 2 rings (SSSR count). The van der Waals surface area contributed by atoms with Gasteiger partial charge in [-0.1, -0.05) is 6.42 Å². The number of carbonyl (C=O) groups is 1. The van der Waals surface area contributed by atoms with Gasteiger partial charge < -0.3 is 25.2 Å². The summed E-state index contributed by atoms with van der Waals surface area (Å²) in [7, 11) is 1.82. The third-order valence-electron chi connectivity index (χ3n) is 4.58. The molecule has 7 nitrogen and oxygen atoms in total. The maximum absolute atomic E-state index is 11.9. The summed E-state index contributed by atoms with van der Waals surface area (Å²) in [5.74, 6) is 0.922.